The van der Waals surface area contributed by atoms with Crippen LogP contribution in [0.15, 0.2) is 60.7 Å². The van der Waals surface area contributed by atoms with Gasteiger partial charge in [-0.05, 0) is 43.0 Å². The maximum Gasteiger partial charge on any atom is 0.0233 e. The van der Waals surface area contributed by atoms with E-state index in [1.54, 1.807) is 0 Å². The zero-order valence-corrected chi connectivity index (χ0v) is 13.8. The van der Waals surface area contributed by atoms with Crippen molar-refractivity contribution >= 4 is 24.8 Å². The number of nitrogens with zero attached hydrogens (tertiary/aromatic N) is 1. The minimum absolute atomic E-state index is 0. The molecule has 0 aliphatic carbocycles. The number of hydrogen-bond acceptors (Lipinski definition) is 1. The topological polar surface area (TPSA) is 3.24 Å². The van der Waals surface area contributed by atoms with Gasteiger partial charge in [-0.25, -0.2) is 0 Å². The summed E-state index contributed by atoms with van der Waals surface area (Å²) < 4.78 is 0. The molecule has 0 N–H and O–H groups in total. The van der Waals surface area contributed by atoms with Crippen molar-refractivity contribution in [2.75, 3.05) is 13.1 Å². The fraction of sp³-hybridized carbons (Fsp3) is 0.333. The van der Waals surface area contributed by atoms with Crippen molar-refractivity contribution in [2.24, 2.45) is 0 Å². The van der Waals surface area contributed by atoms with Crippen LogP contribution in [0.25, 0.3) is 0 Å². The lowest BCUT2D eigenvalue weighted by molar-refractivity contribution is 0.204. The van der Waals surface area contributed by atoms with E-state index in [0.717, 1.165) is 12.5 Å². The standard InChI is InChI=1S/C18H21N.2ClH/c1-3-7-16(8-4-1)15-19-13-11-18(12-14-19)17-9-5-2-6-10-17;;/h1-10,18H,11-15H2;2*1H. The molecule has 1 fully saturated rings. The van der Waals surface area contributed by atoms with Crippen LogP contribution in [0.4, 0.5) is 0 Å². The molecule has 21 heavy (non-hydrogen) atoms. The molecule has 0 bridgehead atoms. The Balaban J connectivity index is 0.00000110. The highest BCUT2D eigenvalue weighted by atomic mass is 35.5. The number of rotatable bonds is 3. The second-order valence-corrected chi connectivity index (χ2v) is 5.45. The van der Waals surface area contributed by atoms with E-state index in [4.69, 9.17) is 0 Å². The lowest BCUT2D eigenvalue weighted by Crippen LogP contribution is -2.32. The quantitative estimate of drug-likeness (QED) is 0.775. The van der Waals surface area contributed by atoms with Crippen molar-refractivity contribution in [3.05, 3.63) is 71.8 Å². The Morgan fingerprint density at radius 1 is 0.762 bits per heavy atom. The van der Waals surface area contributed by atoms with Crippen molar-refractivity contribution in [3.8, 4) is 0 Å². The Morgan fingerprint density at radius 3 is 1.86 bits per heavy atom. The van der Waals surface area contributed by atoms with Gasteiger partial charge >= 0.3 is 0 Å². The second kappa shape index (κ2) is 9.09. The summed E-state index contributed by atoms with van der Waals surface area (Å²) in [5.41, 5.74) is 2.95. The second-order valence-electron chi connectivity index (χ2n) is 5.45. The van der Waals surface area contributed by atoms with Crippen LogP contribution in [-0.4, -0.2) is 18.0 Å². The third kappa shape index (κ3) is 5.03. The van der Waals surface area contributed by atoms with E-state index >= 15 is 0 Å². The molecule has 0 aromatic heterocycles. The van der Waals surface area contributed by atoms with E-state index in [0.29, 0.717) is 0 Å². The average Bonchev–Trinajstić information content (AvgIpc) is 2.50. The molecule has 0 unspecified atom stereocenters. The third-order valence-corrected chi connectivity index (χ3v) is 4.11. The minimum Gasteiger partial charge on any atom is -0.299 e. The van der Waals surface area contributed by atoms with E-state index in [1.165, 1.54) is 37.1 Å². The third-order valence-electron chi connectivity index (χ3n) is 4.11. The Hall–Kier alpha value is -1.02. The molecule has 114 valence electrons. The highest BCUT2D eigenvalue weighted by Gasteiger charge is 2.20. The number of hydrogen-bond donors (Lipinski definition) is 0. The molecule has 2 aromatic rings. The van der Waals surface area contributed by atoms with Gasteiger partial charge in [-0.1, -0.05) is 60.7 Å². The lowest BCUT2D eigenvalue weighted by Gasteiger charge is -2.32. The summed E-state index contributed by atoms with van der Waals surface area (Å²) in [5, 5.41) is 0. The first kappa shape index (κ1) is 18.0. The molecule has 1 nitrogen and oxygen atoms in total. The van der Waals surface area contributed by atoms with Gasteiger partial charge in [0, 0.05) is 6.54 Å². The van der Waals surface area contributed by atoms with E-state index in [1.807, 2.05) is 0 Å². The first-order valence-corrected chi connectivity index (χ1v) is 7.23. The SMILES string of the molecule is Cl.Cl.c1ccc(CN2CCC(c3ccccc3)CC2)cc1. The highest BCUT2D eigenvalue weighted by molar-refractivity contribution is 5.85. The van der Waals surface area contributed by atoms with E-state index in [-0.39, 0.29) is 24.8 Å². The van der Waals surface area contributed by atoms with Gasteiger partial charge < -0.3 is 0 Å². The van der Waals surface area contributed by atoms with Crippen LogP contribution < -0.4 is 0 Å². The van der Waals surface area contributed by atoms with Crippen LogP contribution in [0.5, 0.6) is 0 Å². The monoisotopic (exact) mass is 323 g/mol. The fourth-order valence-corrected chi connectivity index (χ4v) is 2.99. The zero-order valence-electron chi connectivity index (χ0n) is 12.2. The zero-order chi connectivity index (χ0) is 12.9. The van der Waals surface area contributed by atoms with Crippen molar-refractivity contribution in [3.63, 3.8) is 0 Å². The Morgan fingerprint density at radius 2 is 1.29 bits per heavy atom. The molecule has 1 aliphatic heterocycles. The van der Waals surface area contributed by atoms with Gasteiger partial charge in [0.15, 0.2) is 0 Å². The van der Waals surface area contributed by atoms with Gasteiger partial charge in [-0.3, -0.25) is 4.90 Å². The minimum atomic E-state index is 0. The van der Waals surface area contributed by atoms with Gasteiger partial charge in [0.2, 0.25) is 0 Å². The fourth-order valence-electron chi connectivity index (χ4n) is 2.99. The Bertz CT molecular complexity index is 493. The van der Waals surface area contributed by atoms with Gasteiger partial charge in [-0.2, -0.15) is 0 Å². The Kier molecular flexibility index (Phi) is 7.81. The van der Waals surface area contributed by atoms with Crippen LogP contribution in [0.2, 0.25) is 0 Å². The van der Waals surface area contributed by atoms with E-state index in [9.17, 15) is 0 Å². The lowest BCUT2D eigenvalue weighted by atomic mass is 9.89. The van der Waals surface area contributed by atoms with Gasteiger partial charge in [0.05, 0.1) is 0 Å². The molecule has 3 rings (SSSR count). The van der Waals surface area contributed by atoms with Crippen LogP contribution in [-0.2, 0) is 6.54 Å². The molecule has 0 spiro atoms. The molecule has 0 amide bonds. The van der Waals surface area contributed by atoms with Gasteiger partial charge in [0.1, 0.15) is 0 Å². The van der Waals surface area contributed by atoms with Crippen LogP contribution >= 0.6 is 24.8 Å². The maximum absolute atomic E-state index is 2.58. The van der Waals surface area contributed by atoms with Crippen molar-refractivity contribution in [1.82, 2.24) is 4.90 Å². The first-order valence-electron chi connectivity index (χ1n) is 7.23. The number of halogens is 2. The average molecular weight is 324 g/mol. The molecule has 0 saturated carbocycles. The molecule has 1 saturated heterocycles. The summed E-state index contributed by atoms with van der Waals surface area (Å²) in [6.07, 6.45) is 2.58. The largest absolute Gasteiger partial charge is 0.299 e. The summed E-state index contributed by atoms with van der Waals surface area (Å²) in [5.74, 6) is 0.758. The molecular weight excluding hydrogens is 301 g/mol. The van der Waals surface area contributed by atoms with E-state index < -0.39 is 0 Å². The molecule has 1 heterocycles. The van der Waals surface area contributed by atoms with Crippen LogP contribution in [0, 0.1) is 0 Å². The van der Waals surface area contributed by atoms with Crippen LogP contribution in [0.3, 0.4) is 0 Å². The molecular formula is C18H23Cl2N. The van der Waals surface area contributed by atoms with Gasteiger partial charge in [0.25, 0.3) is 0 Å². The summed E-state index contributed by atoms with van der Waals surface area (Å²) in [6, 6.07) is 21.8. The normalized spacial score (nSPS) is 15.8. The number of likely N-dealkylation sites (tertiary alicyclic amines) is 1. The molecule has 0 radical (unpaired) electrons. The summed E-state index contributed by atoms with van der Waals surface area (Å²) in [6.45, 7) is 3.53. The molecule has 2 aromatic carbocycles. The number of piperidine rings is 1. The predicted octanol–water partition coefficient (Wildman–Crippen LogP) is 4.91. The highest BCUT2D eigenvalue weighted by Crippen LogP contribution is 2.28. The predicted molar refractivity (Wildman–Crippen MR) is 94.6 cm³/mol. The maximum atomic E-state index is 2.58. The molecule has 0 atom stereocenters. The van der Waals surface area contributed by atoms with Crippen LogP contribution in [0.1, 0.15) is 29.9 Å². The number of benzene rings is 2. The first-order chi connectivity index (χ1) is 9.42. The summed E-state index contributed by atoms with van der Waals surface area (Å²) in [4.78, 5) is 2.58. The van der Waals surface area contributed by atoms with E-state index in [2.05, 4.69) is 65.6 Å². The van der Waals surface area contributed by atoms with Crippen molar-refractivity contribution in [2.45, 2.75) is 25.3 Å². The molecule has 3 heteroatoms. The molecule has 1 aliphatic rings. The van der Waals surface area contributed by atoms with Crippen molar-refractivity contribution in [1.29, 1.82) is 0 Å². The summed E-state index contributed by atoms with van der Waals surface area (Å²) in [7, 11) is 0. The smallest absolute Gasteiger partial charge is 0.0233 e. The Labute approximate surface area is 140 Å². The summed E-state index contributed by atoms with van der Waals surface area (Å²) >= 11 is 0. The van der Waals surface area contributed by atoms with Gasteiger partial charge in [-0.15, -0.1) is 24.8 Å². The van der Waals surface area contributed by atoms with Crippen molar-refractivity contribution < 1.29 is 0 Å².